The van der Waals surface area contributed by atoms with Crippen molar-refractivity contribution in [2.45, 2.75) is 24.6 Å². The summed E-state index contributed by atoms with van der Waals surface area (Å²) in [6, 6.07) is 9.74. The number of benzene rings is 1. The number of halogens is 1. The zero-order valence-electron chi connectivity index (χ0n) is 12.8. The van der Waals surface area contributed by atoms with E-state index in [9.17, 15) is 9.18 Å². The van der Waals surface area contributed by atoms with Gasteiger partial charge in [0, 0.05) is 12.4 Å². The first kappa shape index (κ1) is 15.7. The topological polar surface area (TPSA) is 54.4 Å². The fourth-order valence-electron chi connectivity index (χ4n) is 2.37. The Hall–Kier alpha value is -2.21. The molecule has 1 fully saturated rings. The van der Waals surface area contributed by atoms with E-state index in [0.29, 0.717) is 5.17 Å². The van der Waals surface area contributed by atoms with Gasteiger partial charge in [0.1, 0.15) is 10.6 Å². The van der Waals surface area contributed by atoms with E-state index in [1.807, 2.05) is 26.0 Å². The highest BCUT2D eigenvalue weighted by Crippen LogP contribution is 2.41. The van der Waals surface area contributed by atoms with Crippen molar-refractivity contribution >= 4 is 22.8 Å². The molecule has 0 bridgehead atoms. The Balaban J connectivity index is 1.83. The van der Waals surface area contributed by atoms with Crippen LogP contribution in [0.25, 0.3) is 0 Å². The van der Waals surface area contributed by atoms with Gasteiger partial charge in [-0.3, -0.25) is 14.8 Å². The second-order valence-corrected chi connectivity index (χ2v) is 6.90. The van der Waals surface area contributed by atoms with Crippen molar-refractivity contribution in [1.29, 1.82) is 0 Å². The molecule has 4 nitrogen and oxygen atoms in total. The van der Waals surface area contributed by atoms with Crippen molar-refractivity contribution in [2.75, 3.05) is 0 Å². The molecule has 1 aromatic heterocycles. The van der Waals surface area contributed by atoms with Crippen LogP contribution in [0, 0.1) is 5.82 Å². The number of amidine groups is 1. The molecule has 3 rings (SSSR count). The molecule has 2 aromatic rings. The van der Waals surface area contributed by atoms with Crippen LogP contribution in [0.2, 0.25) is 0 Å². The summed E-state index contributed by atoms with van der Waals surface area (Å²) in [6.45, 7) is 3.77. The van der Waals surface area contributed by atoms with Crippen LogP contribution in [0.5, 0.6) is 0 Å². The number of pyridine rings is 1. The predicted octanol–water partition coefficient (Wildman–Crippen LogP) is 3.42. The smallest absolute Gasteiger partial charge is 0.246 e. The maximum Gasteiger partial charge on any atom is 0.246 e. The minimum Gasteiger partial charge on any atom is -0.304 e. The van der Waals surface area contributed by atoms with Gasteiger partial charge in [-0.1, -0.05) is 30.0 Å². The van der Waals surface area contributed by atoms with Gasteiger partial charge in [-0.25, -0.2) is 4.39 Å². The Morgan fingerprint density at radius 2 is 2.04 bits per heavy atom. The van der Waals surface area contributed by atoms with E-state index in [-0.39, 0.29) is 17.8 Å². The van der Waals surface area contributed by atoms with Crippen LogP contribution >= 0.6 is 11.8 Å². The van der Waals surface area contributed by atoms with Gasteiger partial charge in [0.05, 0.1) is 6.04 Å². The molecule has 1 N–H and O–H groups in total. The zero-order chi connectivity index (χ0) is 16.4. The summed E-state index contributed by atoms with van der Waals surface area (Å²) in [5, 5.41) is 3.39. The third kappa shape index (κ3) is 3.12. The molecule has 0 radical (unpaired) electrons. The number of carbonyl (C=O) groups excluding carboxylic acids is 1. The van der Waals surface area contributed by atoms with Crippen LogP contribution < -0.4 is 5.32 Å². The van der Waals surface area contributed by atoms with E-state index < -0.39 is 4.75 Å². The molecule has 6 heteroatoms. The second-order valence-electron chi connectivity index (χ2n) is 5.49. The van der Waals surface area contributed by atoms with E-state index in [4.69, 9.17) is 0 Å². The lowest BCUT2D eigenvalue weighted by atomic mass is 10.0. The lowest BCUT2D eigenvalue weighted by Crippen LogP contribution is -2.31. The molecule has 2 heterocycles. The van der Waals surface area contributed by atoms with Crippen molar-refractivity contribution in [3.05, 3.63) is 65.7 Å². The number of hydrogen-bond donors (Lipinski definition) is 1. The Morgan fingerprint density at radius 1 is 1.30 bits per heavy atom. The number of thioether (sulfide) groups is 1. The molecular weight excluding hydrogens is 313 g/mol. The number of nitrogens with zero attached hydrogens (tertiary/aromatic N) is 2. The maximum atomic E-state index is 13.0. The molecule has 0 aliphatic carbocycles. The standard InChI is InChI=1S/C17H16FN3OS/c1-11(12-5-7-14(18)8-6-12)20-16-21-15(22)17(2,23-16)13-4-3-9-19-10-13/h3-11H,1-2H3,(H,20,21,22)/t11?,17-/m1/s1. The highest BCUT2D eigenvalue weighted by Gasteiger charge is 2.44. The van der Waals surface area contributed by atoms with Gasteiger partial charge >= 0.3 is 0 Å². The summed E-state index contributed by atoms with van der Waals surface area (Å²) in [7, 11) is 0. The van der Waals surface area contributed by atoms with Crippen LogP contribution in [0.15, 0.2) is 53.8 Å². The minimum atomic E-state index is -0.740. The van der Waals surface area contributed by atoms with Gasteiger partial charge in [0.2, 0.25) is 5.91 Å². The van der Waals surface area contributed by atoms with Crippen LogP contribution in [0.4, 0.5) is 4.39 Å². The molecule has 0 spiro atoms. The van der Waals surface area contributed by atoms with Gasteiger partial charge in [0.25, 0.3) is 0 Å². The minimum absolute atomic E-state index is 0.111. The Kier molecular flexibility index (Phi) is 4.17. The summed E-state index contributed by atoms with van der Waals surface area (Å²) in [6.07, 6.45) is 3.37. The molecule has 1 aliphatic heterocycles. The molecular formula is C17H16FN3OS. The summed E-state index contributed by atoms with van der Waals surface area (Å²) in [4.78, 5) is 21.0. The number of hydrogen-bond acceptors (Lipinski definition) is 4. The molecule has 1 saturated heterocycles. The predicted molar refractivity (Wildman–Crippen MR) is 89.6 cm³/mol. The van der Waals surface area contributed by atoms with E-state index in [1.54, 1.807) is 24.5 Å². The largest absolute Gasteiger partial charge is 0.304 e. The highest BCUT2D eigenvalue weighted by molar-refractivity contribution is 8.15. The number of rotatable bonds is 3. The molecule has 1 amide bonds. The number of aliphatic imine (C=N–C) groups is 1. The van der Waals surface area contributed by atoms with Crippen LogP contribution in [0.3, 0.4) is 0 Å². The normalized spacial score (nSPS) is 23.8. The third-order valence-corrected chi connectivity index (χ3v) is 5.06. The lowest BCUT2D eigenvalue weighted by Gasteiger charge is -2.18. The summed E-state index contributed by atoms with van der Waals surface area (Å²) >= 11 is 1.38. The first-order valence-corrected chi connectivity index (χ1v) is 8.05. The van der Waals surface area contributed by atoms with Crippen LogP contribution in [0.1, 0.15) is 31.0 Å². The van der Waals surface area contributed by atoms with Gasteiger partial charge < -0.3 is 5.32 Å². The first-order chi connectivity index (χ1) is 11.0. The molecule has 1 unspecified atom stereocenters. The monoisotopic (exact) mass is 329 g/mol. The van der Waals surface area contributed by atoms with E-state index >= 15 is 0 Å². The van der Waals surface area contributed by atoms with Gasteiger partial charge in [-0.2, -0.15) is 0 Å². The number of carbonyl (C=O) groups is 1. The second kappa shape index (κ2) is 6.12. The Labute approximate surface area is 138 Å². The van der Waals surface area contributed by atoms with Gasteiger partial charge in [-0.15, -0.1) is 0 Å². The van der Waals surface area contributed by atoms with E-state index in [0.717, 1.165) is 11.1 Å². The fourth-order valence-corrected chi connectivity index (χ4v) is 3.49. The van der Waals surface area contributed by atoms with Crippen molar-refractivity contribution in [3.63, 3.8) is 0 Å². The number of aromatic nitrogens is 1. The SMILES string of the molecule is CC(N=C1NC(=O)[C@@](C)(c2cccnc2)S1)c1ccc(F)cc1. The number of nitrogens with one attached hydrogen (secondary N) is 1. The fraction of sp³-hybridized carbons (Fsp3) is 0.235. The van der Waals surface area contributed by atoms with Crippen LogP contribution in [-0.4, -0.2) is 16.1 Å². The average Bonchev–Trinajstić information content (AvgIpc) is 2.84. The van der Waals surface area contributed by atoms with Crippen LogP contribution in [-0.2, 0) is 9.54 Å². The summed E-state index contributed by atoms with van der Waals surface area (Å²) in [5.41, 5.74) is 1.73. The number of amides is 1. The first-order valence-electron chi connectivity index (χ1n) is 7.23. The van der Waals surface area contributed by atoms with Crippen molar-refractivity contribution in [1.82, 2.24) is 10.3 Å². The molecule has 23 heavy (non-hydrogen) atoms. The Morgan fingerprint density at radius 3 is 2.70 bits per heavy atom. The van der Waals surface area contributed by atoms with Crippen molar-refractivity contribution in [2.24, 2.45) is 4.99 Å². The van der Waals surface area contributed by atoms with Gasteiger partial charge in [0.15, 0.2) is 5.17 Å². The molecule has 0 saturated carbocycles. The van der Waals surface area contributed by atoms with Crippen molar-refractivity contribution in [3.8, 4) is 0 Å². The quantitative estimate of drug-likeness (QED) is 0.939. The Bertz CT molecular complexity index is 748. The molecule has 118 valence electrons. The van der Waals surface area contributed by atoms with E-state index in [1.165, 1.54) is 23.9 Å². The average molecular weight is 329 g/mol. The molecule has 2 atom stereocenters. The highest BCUT2D eigenvalue weighted by atomic mass is 32.2. The van der Waals surface area contributed by atoms with E-state index in [2.05, 4.69) is 15.3 Å². The van der Waals surface area contributed by atoms with Crippen molar-refractivity contribution < 1.29 is 9.18 Å². The third-order valence-electron chi connectivity index (χ3n) is 3.83. The summed E-state index contributed by atoms with van der Waals surface area (Å²) < 4.78 is 12.3. The zero-order valence-corrected chi connectivity index (χ0v) is 13.6. The molecule has 1 aromatic carbocycles. The summed E-state index contributed by atoms with van der Waals surface area (Å²) in [5.74, 6) is -0.387. The maximum absolute atomic E-state index is 13.0. The lowest BCUT2D eigenvalue weighted by molar-refractivity contribution is -0.121. The van der Waals surface area contributed by atoms with Gasteiger partial charge in [-0.05, 0) is 43.2 Å². The molecule has 1 aliphatic rings.